The van der Waals surface area contributed by atoms with Crippen LogP contribution in [0.4, 0.5) is 5.69 Å². The van der Waals surface area contributed by atoms with Crippen molar-refractivity contribution in [1.82, 2.24) is 4.90 Å². The van der Waals surface area contributed by atoms with E-state index in [9.17, 15) is 19.2 Å². The summed E-state index contributed by atoms with van der Waals surface area (Å²) in [6.45, 7) is 2.89. The van der Waals surface area contributed by atoms with Crippen molar-refractivity contribution in [3.63, 3.8) is 0 Å². The van der Waals surface area contributed by atoms with E-state index >= 15 is 0 Å². The summed E-state index contributed by atoms with van der Waals surface area (Å²) in [6, 6.07) is 3.51. The lowest BCUT2D eigenvalue weighted by Crippen LogP contribution is -2.50. The Bertz CT molecular complexity index is 962. The van der Waals surface area contributed by atoms with E-state index in [0.717, 1.165) is 11.3 Å². The summed E-state index contributed by atoms with van der Waals surface area (Å²) < 4.78 is 5.18. The quantitative estimate of drug-likeness (QED) is 0.396. The fourth-order valence-corrected chi connectivity index (χ4v) is 5.21. The van der Waals surface area contributed by atoms with Crippen molar-refractivity contribution < 1.29 is 23.9 Å². The van der Waals surface area contributed by atoms with Gasteiger partial charge in [-0.3, -0.25) is 19.3 Å². The molecule has 1 aliphatic heterocycles. The maximum atomic E-state index is 13.0. The van der Waals surface area contributed by atoms with E-state index in [4.69, 9.17) is 27.9 Å². The van der Waals surface area contributed by atoms with E-state index in [1.807, 2.05) is 12.2 Å². The summed E-state index contributed by atoms with van der Waals surface area (Å²) in [5, 5.41) is 3.20. The summed E-state index contributed by atoms with van der Waals surface area (Å²) in [5.41, 5.74) is 0.288. The largest absolute Gasteiger partial charge is 0.454 e. The molecule has 2 bridgehead atoms. The van der Waals surface area contributed by atoms with Gasteiger partial charge in [0, 0.05) is 5.02 Å². The van der Waals surface area contributed by atoms with Crippen molar-refractivity contribution in [2.75, 3.05) is 11.9 Å². The number of nitrogens with zero attached hydrogens (tertiary/aromatic N) is 1. The van der Waals surface area contributed by atoms with Gasteiger partial charge >= 0.3 is 5.97 Å². The number of esters is 1. The van der Waals surface area contributed by atoms with Gasteiger partial charge in [-0.15, -0.1) is 0 Å². The van der Waals surface area contributed by atoms with Crippen molar-refractivity contribution in [1.29, 1.82) is 0 Å². The van der Waals surface area contributed by atoms with E-state index in [-0.39, 0.29) is 40.3 Å². The number of ether oxygens (including phenoxy) is 1. The number of allylic oxidation sites excluding steroid dienone is 2. The zero-order valence-electron chi connectivity index (χ0n) is 17.0. The highest BCUT2D eigenvalue weighted by molar-refractivity contribution is 6.35. The van der Waals surface area contributed by atoms with Crippen LogP contribution >= 0.6 is 23.2 Å². The molecule has 164 valence electrons. The van der Waals surface area contributed by atoms with Gasteiger partial charge in [0.15, 0.2) is 6.61 Å². The van der Waals surface area contributed by atoms with Gasteiger partial charge in [0.2, 0.25) is 11.8 Å². The first kappa shape index (κ1) is 21.8. The maximum absolute atomic E-state index is 13.0. The summed E-state index contributed by atoms with van der Waals surface area (Å²) in [7, 11) is 0. The average Bonchev–Trinajstić information content (AvgIpc) is 3.39. The maximum Gasteiger partial charge on any atom is 0.330 e. The van der Waals surface area contributed by atoms with Gasteiger partial charge in [0.1, 0.15) is 6.04 Å². The van der Waals surface area contributed by atoms with Gasteiger partial charge in [0.05, 0.1) is 22.5 Å². The zero-order chi connectivity index (χ0) is 22.4. The third kappa shape index (κ3) is 3.85. The van der Waals surface area contributed by atoms with Crippen molar-refractivity contribution in [3.05, 3.63) is 40.4 Å². The Morgan fingerprint density at radius 2 is 1.74 bits per heavy atom. The van der Waals surface area contributed by atoms with Gasteiger partial charge in [-0.05, 0) is 42.4 Å². The fraction of sp³-hybridized carbons (Fsp3) is 0.455. The minimum atomic E-state index is -1.08. The second kappa shape index (κ2) is 8.28. The number of benzene rings is 1. The van der Waals surface area contributed by atoms with Crippen LogP contribution in [0.1, 0.15) is 20.3 Å². The molecule has 1 saturated heterocycles. The van der Waals surface area contributed by atoms with Crippen molar-refractivity contribution in [3.8, 4) is 0 Å². The van der Waals surface area contributed by atoms with Crippen LogP contribution in [0.3, 0.4) is 0 Å². The Kier molecular flexibility index (Phi) is 5.83. The molecule has 2 fully saturated rings. The van der Waals surface area contributed by atoms with Gasteiger partial charge < -0.3 is 10.1 Å². The standard InChI is InChI=1S/C22H22Cl2N2O5/c1-10(2)19(26-20(28)17-11-3-4-12(7-11)18(17)21(26)29)22(30)31-9-16(27)25-15-8-13(23)5-6-14(15)24/h3-6,8,10-12,17-19H,7,9H2,1-2H3,(H,25,27)/t11-,12-,17-,18+,19-/m0/s1. The Balaban J connectivity index is 1.43. The van der Waals surface area contributed by atoms with Gasteiger partial charge in [-0.25, -0.2) is 4.79 Å². The van der Waals surface area contributed by atoms with E-state index in [1.54, 1.807) is 19.9 Å². The highest BCUT2D eigenvalue weighted by Gasteiger charge is 2.61. The van der Waals surface area contributed by atoms with Crippen molar-refractivity contribution >= 4 is 52.6 Å². The predicted octanol–water partition coefficient (Wildman–Crippen LogP) is 3.31. The van der Waals surface area contributed by atoms with Crippen molar-refractivity contribution in [2.24, 2.45) is 29.6 Å². The molecule has 1 aromatic rings. The number of hydrogen-bond acceptors (Lipinski definition) is 5. The Hall–Kier alpha value is -2.38. The number of hydrogen-bond donors (Lipinski definition) is 1. The molecule has 7 nitrogen and oxygen atoms in total. The molecule has 1 N–H and O–H groups in total. The normalized spacial score (nSPS) is 27.1. The molecule has 0 aromatic heterocycles. The number of likely N-dealkylation sites (tertiary alicyclic amines) is 1. The Labute approximate surface area is 189 Å². The van der Waals surface area contributed by atoms with Crippen LogP contribution < -0.4 is 5.32 Å². The molecule has 3 amide bonds. The van der Waals surface area contributed by atoms with E-state index in [0.29, 0.717) is 5.02 Å². The molecule has 3 aliphatic rings. The van der Waals surface area contributed by atoms with Gasteiger partial charge in [-0.1, -0.05) is 49.2 Å². The van der Waals surface area contributed by atoms with Crippen molar-refractivity contribution in [2.45, 2.75) is 26.3 Å². The molecular formula is C22H22Cl2N2O5. The minimum absolute atomic E-state index is 0.0495. The van der Waals surface area contributed by atoms with Gasteiger partial charge in [0.25, 0.3) is 5.91 Å². The summed E-state index contributed by atoms with van der Waals surface area (Å²) in [6.07, 6.45) is 4.80. The number of imide groups is 1. The number of halogens is 2. The lowest BCUT2D eigenvalue weighted by Gasteiger charge is -2.28. The van der Waals surface area contributed by atoms with Gasteiger partial charge in [-0.2, -0.15) is 0 Å². The molecule has 4 rings (SSSR count). The second-order valence-corrected chi connectivity index (χ2v) is 9.36. The summed E-state index contributed by atoms with van der Waals surface area (Å²) >= 11 is 11.9. The smallest absolute Gasteiger partial charge is 0.330 e. The first-order valence-corrected chi connectivity index (χ1v) is 10.9. The van der Waals surface area contributed by atoms with Crippen LogP contribution in [-0.4, -0.2) is 41.2 Å². The van der Waals surface area contributed by atoms with Crippen LogP contribution in [0, 0.1) is 29.6 Å². The number of carbonyl (C=O) groups excluding carboxylic acids is 4. The molecule has 9 heteroatoms. The molecule has 1 heterocycles. The highest BCUT2D eigenvalue weighted by atomic mass is 35.5. The molecule has 5 atom stereocenters. The Morgan fingerprint density at radius 3 is 2.32 bits per heavy atom. The number of anilines is 1. The molecule has 2 aliphatic carbocycles. The zero-order valence-corrected chi connectivity index (χ0v) is 18.5. The molecular weight excluding hydrogens is 443 g/mol. The predicted molar refractivity (Wildman–Crippen MR) is 114 cm³/mol. The molecule has 0 unspecified atom stereocenters. The van der Waals surface area contributed by atoms with Crippen LogP contribution in [0.2, 0.25) is 10.0 Å². The van der Waals surface area contributed by atoms with Crippen LogP contribution in [0.5, 0.6) is 0 Å². The number of nitrogens with one attached hydrogen (secondary N) is 1. The molecule has 1 saturated carbocycles. The first-order valence-electron chi connectivity index (χ1n) is 10.2. The van der Waals surface area contributed by atoms with Crippen LogP contribution in [0.25, 0.3) is 0 Å². The molecule has 1 aromatic carbocycles. The summed E-state index contributed by atoms with van der Waals surface area (Å²) in [4.78, 5) is 52.2. The third-order valence-electron chi connectivity index (χ3n) is 6.20. The average molecular weight is 465 g/mol. The third-order valence-corrected chi connectivity index (χ3v) is 6.77. The van der Waals surface area contributed by atoms with Crippen LogP contribution in [-0.2, 0) is 23.9 Å². The van der Waals surface area contributed by atoms with E-state index in [2.05, 4.69) is 5.32 Å². The highest BCUT2D eigenvalue weighted by Crippen LogP contribution is 2.53. The Morgan fingerprint density at radius 1 is 1.13 bits per heavy atom. The lowest BCUT2D eigenvalue weighted by molar-refractivity contribution is -0.162. The monoisotopic (exact) mass is 464 g/mol. The molecule has 0 spiro atoms. The van der Waals surface area contributed by atoms with E-state index in [1.165, 1.54) is 12.1 Å². The van der Waals surface area contributed by atoms with E-state index < -0.39 is 36.4 Å². The number of fused-ring (bicyclic) bond motifs is 5. The number of carbonyl (C=O) groups is 4. The molecule has 31 heavy (non-hydrogen) atoms. The number of rotatable bonds is 6. The molecule has 0 radical (unpaired) electrons. The first-order chi connectivity index (χ1) is 14.7. The topological polar surface area (TPSA) is 92.8 Å². The summed E-state index contributed by atoms with van der Waals surface area (Å²) in [5.74, 6) is -3.11. The number of amides is 3. The lowest BCUT2D eigenvalue weighted by atomic mass is 9.85. The SMILES string of the molecule is CC(C)[C@@H](C(=O)OCC(=O)Nc1cc(Cl)ccc1Cl)N1C(=O)[C@@H]2[C@H](C1=O)[C@H]1C=C[C@H]2C1. The fourth-order valence-electron chi connectivity index (χ4n) is 4.88. The second-order valence-electron chi connectivity index (χ2n) is 8.52. The van der Waals surface area contributed by atoms with Crippen LogP contribution in [0.15, 0.2) is 30.4 Å². The minimum Gasteiger partial charge on any atom is -0.454 e.